The Morgan fingerprint density at radius 2 is 2.00 bits per heavy atom. The van der Waals surface area contributed by atoms with Gasteiger partial charge in [0.15, 0.2) is 0 Å². The molecule has 0 saturated heterocycles. The minimum Gasteiger partial charge on any atom is -0.504 e. The number of methoxy groups -OCH3 is 1. The second-order valence-electron chi connectivity index (χ2n) is 4.48. The molecule has 1 fully saturated rings. The molecule has 15 heavy (non-hydrogen) atoms. The third-order valence-electron chi connectivity index (χ3n) is 3.41. The quantitative estimate of drug-likeness (QED) is 0.395. The number of carbonyl (C=O) groups excluding carboxylic acids is 1. The van der Waals surface area contributed by atoms with Gasteiger partial charge in [-0.15, -0.1) is 0 Å². The van der Waals surface area contributed by atoms with Gasteiger partial charge in [-0.2, -0.15) is 0 Å². The molecule has 86 valence electrons. The Morgan fingerprint density at radius 1 is 1.33 bits per heavy atom. The van der Waals surface area contributed by atoms with Crippen LogP contribution in [0.1, 0.15) is 45.4 Å². The molecule has 2 nitrogen and oxygen atoms in total. The van der Waals surface area contributed by atoms with E-state index in [0.29, 0.717) is 5.92 Å². The maximum absolute atomic E-state index is 10.9. The van der Waals surface area contributed by atoms with Crippen LogP contribution in [-0.4, -0.2) is 13.4 Å². The normalized spacial score (nSPS) is 27.5. The lowest BCUT2D eigenvalue weighted by atomic mass is 9.77. The maximum Gasteiger partial charge on any atom is 0.149 e. The molecular formula is C13H22O2. The number of ether oxygens (including phenoxy) is 1. The fourth-order valence-electron chi connectivity index (χ4n) is 2.55. The number of hydrogen-bond donors (Lipinski definition) is 0. The predicted octanol–water partition coefficient (Wildman–Crippen LogP) is 3.32. The van der Waals surface area contributed by atoms with E-state index in [2.05, 4.69) is 6.92 Å². The summed E-state index contributed by atoms with van der Waals surface area (Å²) in [7, 11) is 1.60. The molecule has 0 radical (unpaired) electrons. The van der Waals surface area contributed by atoms with Gasteiger partial charge in [0.2, 0.25) is 0 Å². The van der Waals surface area contributed by atoms with E-state index in [1.54, 1.807) is 13.4 Å². The molecule has 0 aromatic rings. The fourth-order valence-corrected chi connectivity index (χ4v) is 2.55. The Labute approximate surface area is 92.7 Å². The summed E-state index contributed by atoms with van der Waals surface area (Å²) in [5.74, 6) is 1.33. The lowest BCUT2D eigenvalue weighted by molar-refractivity contribution is -0.105. The van der Waals surface area contributed by atoms with E-state index in [4.69, 9.17) is 4.74 Å². The Kier molecular flexibility index (Phi) is 5.44. The van der Waals surface area contributed by atoms with E-state index in [-0.39, 0.29) is 0 Å². The molecule has 0 amide bonds. The molecule has 1 saturated carbocycles. The highest BCUT2D eigenvalue weighted by molar-refractivity contribution is 5.73. The van der Waals surface area contributed by atoms with Crippen LogP contribution in [0.15, 0.2) is 11.8 Å². The van der Waals surface area contributed by atoms with Crippen LogP contribution in [0.3, 0.4) is 0 Å². The van der Waals surface area contributed by atoms with Crippen molar-refractivity contribution >= 4 is 6.29 Å². The first-order valence-electron chi connectivity index (χ1n) is 5.99. The number of hydrogen-bond acceptors (Lipinski definition) is 2. The van der Waals surface area contributed by atoms with Crippen molar-refractivity contribution in [2.45, 2.75) is 45.4 Å². The second kappa shape index (κ2) is 6.65. The van der Waals surface area contributed by atoms with E-state index in [1.807, 2.05) is 0 Å². The van der Waals surface area contributed by atoms with Gasteiger partial charge < -0.3 is 4.74 Å². The molecule has 0 bridgehead atoms. The van der Waals surface area contributed by atoms with Crippen LogP contribution in [0.5, 0.6) is 0 Å². The molecule has 1 aliphatic carbocycles. The fraction of sp³-hybridized carbons (Fsp3) is 0.769. The first-order chi connectivity index (χ1) is 7.31. The lowest BCUT2D eigenvalue weighted by Crippen LogP contribution is -2.16. The van der Waals surface area contributed by atoms with Gasteiger partial charge in [-0.1, -0.05) is 19.8 Å². The number of rotatable bonds is 5. The average Bonchev–Trinajstić information content (AvgIpc) is 2.28. The first kappa shape index (κ1) is 12.3. The molecule has 0 aliphatic heterocycles. The third kappa shape index (κ3) is 3.69. The molecule has 1 rings (SSSR count). The highest BCUT2D eigenvalue weighted by atomic mass is 16.5. The Morgan fingerprint density at radius 3 is 2.47 bits per heavy atom. The molecule has 0 aromatic heterocycles. The van der Waals surface area contributed by atoms with Crippen molar-refractivity contribution in [3.63, 3.8) is 0 Å². The minimum absolute atomic E-state index is 0.440. The highest BCUT2D eigenvalue weighted by Gasteiger charge is 2.23. The largest absolute Gasteiger partial charge is 0.504 e. The summed E-state index contributed by atoms with van der Waals surface area (Å²) in [6.45, 7) is 2.24. The number of carbonyl (C=O) groups is 1. The van der Waals surface area contributed by atoms with Crippen LogP contribution in [0.2, 0.25) is 0 Å². The molecule has 0 atom stereocenters. The Bertz CT molecular complexity index is 213. The van der Waals surface area contributed by atoms with E-state index < -0.39 is 0 Å². The Balaban J connectivity index is 2.42. The molecule has 0 N–H and O–H groups in total. The van der Waals surface area contributed by atoms with Gasteiger partial charge >= 0.3 is 0 Å². The molecule has 1 aliphatic rings. The van der Waals surface area contributed by atoms with E-state index >= 15 is 0 Å². The van der Waals surface area contributed by atoms with E-state index in [1.165, 1.54) is 25.7 Å². The summed E-state index contributed by atoms with van der Waals surface area (Å²) in [5.41, 5.74) is 0.840. The van der Waals surface area contributed by atoms with Crippen molar-refractivity contribution in [1.29, 1.82) is 0 Å². The van der Waals surface area contributed by atoms with Crippen LogP contribution < -0.4 is 0 Å². The summed E-state index contributed by atoms with van der Waals surface area (Å²) < 4.78 is 4.93. The second-order valence-corrected chi connectivity index (χ2v) is 4.48. The van der Waals surface area contributed by atoms with Gasteiger partial charge in [-0.25, -0.2) is 0 Å². The van der Waals surface area contributed by atoms with Crippen LogP contribution in [-0.2, 0) is 9.53 Å². The van der Waals surface area contributed by atoms with Crippen LogP contribution >= 0.6 is 0 Å². The minimum atomic E-state index is 0.440. The van der Waals surface area contributed by atoms with Gasteiger partial charge in [-0.3, -0.25) is 4.79 Å². The standard InChI is InChI=1S/C13H22O2/c1-3-4-11-5-7-12(8-6-11)13(9-14)10-15-2/h9-12H,3-8H2,1-2H3/b13-10-/t11-,12-. The Hall–Kier alpha value is -0.790. The van der Waals surface area contributed by atoms with Gasteiger partial charge in [0.25, 0.3) is 0 Å². The van der Waals surface area contributed by atoms with E-state index in [0.717, 1.165) is 30.6 Å². The zero-order valence-corrected chi connectivity index (χ0v) is 9.87. The SMILES string of the molecule is CCC[C@H]1CC[C@H](/C(C=O)=C\OC)CC1. The monoisotopic (exact) mass is 210 g/mol. The van der Waals surface area contributed by atoms with Gasteiger partial charge in [0.05, 0.1) is 13.4 Å². The van der Waals surface area contributed by atoms with Crippen molar-refractivity contribution in [3.8, 4) is 0 Å². The average molecular weight is 210 g/mol. The summed E-state index contributed by atoms with van der Waals surface area (Å²) in [6.07, 6.45) is 10.0. The third-order valence-corrected chi connectivity index (χ3v) is 3.41. The number of allylic oxidation sites excluding steroid dienone is 1. The van der Waals surface area contributed by atoms with Crippen LogP contribution in [0.4, 0.5) is 0 Å². The molecule has 0 heterocycles. The predicted molar refractivity (Wildman–Crippen MR) is 61.5 cm³/mol. The van der Waals surface area contributed by atoms with Crippen LogP contribution in [0, 0.1) is 11.8 Å². The van der Waals surface area contributed by atoms with Gasteiger partial charge in [0.1, 0.15) is 6.29 Å². The van der Waals surface area contributed by atoms with Crippen molar-refractivity contribution in [3.05, 3.63) is 11.8 Å². The van der Waals surface area contributed by atoms with Gasteiger partial charge in [0, 0.05) is 5.57 Å². The molecule has 0 unspecified atom stereocenters. The van der Waals surface area contributed by atoms with Crippen molar-refractivity contribution in [1.82, 2.24) is 0 Å². The van der Waals surface area contributed by atoms with Crippen molar-refractivity contribution in [2.75, 3.05) is 7.11 Å². The summed E-state index contributed by atoms with van der Waals surface area (Å²) >= 11 is 0. The molecule has 0 spiro atoms. The molecular weight excluding hydrogens is 188 g/mol. The van der Waals surface area contributed by atoms with Crippen LogP contribution in [0.25, 0.3) is 0 Å². The summed E-state index contributed by atoms with van der Waals surface area (Å²) in [5, 5.41) is 0. The highest BCUT2D eigenvalue weighted by Crippen LogP contribution is 2.34. The lowest BCUT2D eigenvalue weighted by Gasteiger charge is -2.28. The zero-order chi connectivity index (χ0) is 11.1. The topological polar surface area (TPSA) is 26.3 Å². The van der Waals surface area contributed by atoms with Crippen molar-refractivity contribution in [2.24, 2.45) is 11.8 Å². The summed E-state index contributed by atoms with van der Waals surface area (Å²) in [4.78, 5) is 10.9. The molecule has 2 heteroatoms. The smallest absolute Gasteiger partial charge is 0.149 e. The van der Waals surface area contributed by atoms with Gasteiger partial charge in [-0.05, 0) is 37.5 Å². The first-order valence-corrected chi connectivity index (χ1v) is 5.99. The van der Waals surface area contributed by atoms with E-state index in [9.17, 15) is 4.79 Å². The zero-order valence-electron chi connectivity index (χ0n) is 9.87. The van der Waals surface area contributed by atoms with Crippen molar-refractivity contribution < 1.29 is 9.53 Å². The summed E-state index contributed by atoms with van der Waals surface area (Å²) in [6, 6.07) is 0. The number of aldehydes is 1. The maximum atomic E-state index is 10.9. The molecule has 0 aromatic carbocycles.